The molecule has 2 heteroatoms. The van der Waals surface area contributed by atoms with Crippen molar-refractivity contribution in [3.8, 4) is 0 Å². The van der Waals surface area contributed by atoms with E-state index in [0.717, 1.165) is 12.5 Å². The second-order valence-electron chi connectivity index (χ2n) is 7.15. The molecule has 16 heavy (non-hydrogen) atoms. The predicted molar refractivity (Wildman–Crippen MR) is 69.1 cm³/mol. The van der Waals surface area contributed by atoms with E-state index in [-0.39, 0.29) is 16.4 Å². The van der Waals surface area contributed by atoms with Gasteiger partial charge in [-0.25, -0.2) is 0 Å². The topological polar surface area (TPSA) is 21.3 Å². The van der Waals surface area contributed by atoms with Crippen molar-refractivity contribution in [1.82, 2.24) is 5.32 Å². The molecule has 0 aromatic heterocycles. The molecule has 2 nitrogen and oxygen atoms in total. The van der Waals surface area contributed by atoms with E-state index in [4.69, 9.17) is 4.74 Å². The van der Waals surface area contributed by atoms with E-state index in [9.17, 15) is 0 Å². The van der Waals surface area contributed by atoms with E-state index >= 15 is 0 Å². The van der Waals surface area contributed by atoms with Gasteiger partial charge in [-0.15, -0.1) is 0 Å². The van der Waals surface area contributed by atoms with E-state index < -0.39 is 0 Å². The molecule has 1 fully saturated rings. The van der Waals surface area contributed by atoms with Crippen LogP contribution in [0.15, 0.2) is 11.5 Å². The van der Waals surface area contributed by atoms with Crippen molar-refractivity contribution in [2.75, 3.05) is 6.61 Å². The number of nitrogens with one attached hydrogen (secondary N) is 1. The molecule has 0 aromatic rings. The van der Waals surface area contributed by atoms with Gasteiger partial charge in [-0.2, -0.15) is 0 Å². The fraction of sp³-hybridized carbons (Fsp3) is 0.857. The molecule has 0 radical (unpaired) electrons. The highest BCUT2D eigenvalue weighted by Crippen LogP contribution is 2.47. The lowest BCUT2D eigenvalue weighted by molar-refractivity contribution is 0.0283. The molecule has 1 saturated heterocycles. The van der Waals surface area contributed by atoms with Crippen molar-refractivity contribution in [2.24, 2.45) is 10.8 Å². The molecule has 0 spiro atoms. The summed E-state index contributed by atoms with van der Waals surface area (Å²) in [5.74, 6) is 0.963. The Labute approximate surface area is 100 Å². The highest BCUT2D eigenvalue weighted by atomic mass is 16.5. The zero-order chi connectivity index (χ0) is 12.8. The second-order valence-corrected chi connectivity index (χ2v) is 7.15. The molecule has 0 unspecified atom stereocenters. The van der Waals surface area contributed by atoms with Gasteiger partial charge in [-0.1, -0.05) is 41.5 Å². The summed E-state index contributed by atoms with van der Waals surface area (Å²) in [6.07, 6.45) is 0. The Morgan fingerprint density at radius 3 is 1.69 bits per heavy atom. The number of ether oxygens (including phenoxy) is 1. The molecule has 1 aliphatic heterocycles. The maximum absolute atomic E-state index is 5.85. The summed E-state index contributed by atoms with van der Waals surface area (Å²) in [4.78, 5) is 0. The molecule has 0 saturated carbocycles. The summed E-state index contributed by atoms with van der Waals surface area (Å²) in [7, 11) is 0. The predicted octanol–water partition coefficient (Wildman–Crippen LogP) is 3.69. The Bertz CT molecular complexity index is 284. The summed E-state index contributed by atoms with van der Waals surface area (Å²) in [6.45, 7) is 18.6. The number of hydrogen-bond donors (Lipinski definition) is 1. The van der Waals surface area contributed by atoms with E-state index in [2.05, 4.69) is 60.7 Å². The van der Waals surface area contributed by atoms with Crippen molar-refractivity contribution in [3.63, 3.8) is 0 Å². The third kappa shape index (κ3) is 1.94. The first-order valence-electron chi connectivity index (χ1n) is 6.10. The van der Waals surface area contributed by atoms with Crippen LogP contribution < -0.4 is 5.32 Å². The first-order valence-corrected chi connectivity index (χ1v) is 6.10. The van der Waals surface area contributed by atoms with Crippen LogP contribution in [-0.4, -0.2) is 12.1 Å². The van der Waals surface area contributed by atoms with Crippen LogP contribution in [0.4, 0.5) is 0 Å². The number of allylic oxidation sites excluding steroid dienone is 1. The minimum absolute atomic E-state index is 0.00734. The van der Waals surface area contributed by atoms with Gasteiger partial charge in [0.2, 0.25) is 0 Å². The van der Waals surface area contributed by atoms with Crippen molar-refractivity contribution in [1.29, 1.82) is 0 Å². The molecule has 1 aliphatic rings. The smallest absolute Gasteiger partial charge is 0.185 e. The van der Waals surface area contributed by atoms with E-state index in [1.54, 1.807) is 0 Å². The standard InChI is InChI=1S/C14H27NO/c1-10(2)11-15-14(9-16-11,12(3,4)5)13(6,7)8/h15H,9H2,1-8H3. The summed E-state index contributed by atoms with van der Waals surface area (Å²) in [5, 5.41) is 3.64. The quantitative estimate of drug-likeness (QED) is 0.679. The Balaban J connectivity index is 3.18. The van der Waals surface area contributed by atoms with Crippen molar-refractivity contribution in [3.05, 3.63) is 11.5 Å². The fourth-order valence-corrected chi connectivity index (χ4v) is 2.65. The molecule has 1 N–H and O–H groups in total. The van der Waals surface area contributed by atoms with Crippen LogP contribution in [0.2, 0.25) is 0 Å². The lowest BCUT2D eigenvalue weighted by Gasteiger charge is -2.49. The van der Waals surface area contributed by atoms with Gasteiger partial charge in [0.25, 0.3) is 0 Å². The lowest BCUT2D eigenvalue weighted by atomic mass is 9.61. The van der Waals surface area contributed by atoms with Crippen molar-refractivity contribution < 1.29 is 4.74 Å². The Kier molecular flexibility index (Phi) is 3.08. The van der Waals surface area contributed by atoms with Gasteiger partial charge in [-0.3, -0.25) is 0 Å². The number of rotatable bonds is 0. The number of hydrogen-bond acceptors (Lipinski definition) is 2. The summed E-state index contributed by atoms with van der Waals surface area (Å²) in [5.41, 5.74) is 1.52. The monoisotopic (exact) mass is 225 g/mol. The van der Waals surface area contributed by atoms with Crippen LogP contribution in [0.1, 0.15) is 55.4 Å². The van der Waals surface area contributed by atoms with E-state index in [1.165, 1.54) is 5.57 Å². The average Bonchev–Trinajstić information content (AvgIpc) is 2.44. The van der Waals surface area contributed by atoms with Crippen LogP contribution in [0.5, 0.6) is 0 Å². The SMILES string of the molecule is CC(C)=C1NC(C(C)(C)C)(C(C)(C)C)CO1. The minimum atomic E-state index is -0.00734. The van der Waals surface area contributed by atoms with Crippen LogP contribution >= 0.6 is 0 Å². The van der Waals surface area contributed by atoms with Crippen LogP contribution in [0, 0.1) is 10.8 Å². The van der Waals surface area contributed by atoms with Gasteiger partial charge < -0.3 is 10.1 Å². The summed E-state index contributed by atoms with van der Waals surface area (Å²) in [6, 6.07) is 0. The summed E-state index contributed by atoms with van der Waals surface area (Å²) < 4.78 is 5.85. The Morgan fingerprint density at radius 1 is 1.06 bits per heavy atom. The zero-order valence-electron chi connectivity index (χ0n) is 12.1. The third-order valence-electron chi connectivity index (χ3n) is 3.77. The molecular formula is C14H27NO. The van der Waals surface area contributed by atoms with Gasteiger partial charge in [-0.05, 0) is 30.3 Å². The lowest BCUT2D eigenvalue weighted by Crippen LogP contribution is -2.61. The van der Waals surface area contributed by atoms with Crippen LogP contribution in [0.3, 0.4) is 0 Å². The highest BCUT2D eigenvalue weighted by Gasteiger charge is 2.54. The van der Waals surface area contributed by atoms with E-state index in [1.807, 2.05) is 0 Å². The third-order valence-corrected chi connectivity index (χ3v) is 3.77. The first kappa shape index (κ1) is 13.4. The molecule has 0 aromatic carbocycles. The van der Waals surface area contributed by atoms with Crippen LogP contribution in [0.25, 0.3) is 0 Å². The zero-order valence-corrected chi connectivity index (χ0v) is 12.1. The van der Waals surface area contributed by atoms with Gasteiger partial charge in [0.05, 0.1) is 5.54 Å². The molecular weight excluding hydrogens is 198 g/mol. The maximum atomic E-state index is 5.85. The minimum Gasteiger partial charge on any atom is -0.477 e. The summed E-state index contributed by atoms with van der Waals surface area (Å²) >= 11 is 0. The Hall–Kier alpha value is -0.660. The van der Waals surface area contributed by atoms with E-state index in [0.29, 0.717) is 0 Å². The maximum Gasteiger partial charge on any atom is 0.185 e. The largest absolute Gasteiger partial charge is 0.477 e. The van der Waals surface area contributed by atoms with Crippen molar-refractivity contribution in [2.45, 2.75) is 60.9 Å². The molecule has 0 atom stereocenters. The van der Waals surface area contributed by atoms with Crippen LogP contribution in [-0.2, 0) is 4.74 Å². The fourth-order valence-electron chi connectivity index (χ4n) is 2.65. The molecule has 94 valence electrons. The van der Waals surface area contributed by atoms with Gasteiger partial charge in [0.15, 0.2) is 5.88 Å². The molecule has 0 aliphatic carbocycles. The molecule has 0 amide bonds. The van der Waals surface area contributed by atoms with Gasteiger partial charge in [0.1, 0.15) is 6.61 Å². The van der Waals surface area contributed by atoms with Gasteiger partial charge >= 0.3 is 0 Å². The molecule has 0 bridgehead atoms. The Morgan fingerprint density at radius 2 is 1.50 bits per heavy atom. The normalized spacial score (nSPS) is 20.4. The molecule has 1 rings (SSSR count). The van der Waals surface area contributed by atoms with Gasteiger partial charge in [0, 0.05) is 0 Å². The highest BCUT2D eigenvalue weighted by molar-refractivity contribution is 5.18. The molecule has 1 heterocycles. The second kappa shape index (κ2) is 3.68. The van der Waals surface area contributed by atoms with Crippen molar-refractivity contribution >= 4 is 0 Å². The first-order chi connectivity index (χ1) is 7.01. The average molecular weight is 225 g/mol.